The number of nitrogens with one attached hydrogen (secondary N) is 1. The van der Waals surface area contributed by atoms with Crippen molar-refractivity contribution in [2.75, 3.05) is 16.8 Å². The summed E-state index contributed by atoms with van der Waals surface area (Å²) in [5, 5.41) is 2.40. The molecule has 1 atom stereocenters. The van der Waals surface area contributed by atoms with E-state index in [0.717, 1.165) is 0 Å². The number of nitrogen functional groups attached to an aromatic ring is 1. The van der Waals surface area contributed by atoms with Crippen LogP contribution in [-0.2, 0) is 14.3 Å². The van der Waals surface area contributed by atoms with Crippen LogP contribution >= 0.6 is 11.8 Å². The van der Waals surface area contributed by atoms with Crippen molar-refractivity contribution in [3.63, 3.8) is 0 Å². The van der Waals surface area contributed by atoms with E-state index in [1.54, 1.807) is 31.2 Å². The van der Waals surface area contributed by atoms with Crippen LogP contribution in [0.25, 0.3) is 0 Å². The van der Waals surface area contributed by atoms with Crippen LogP contribution in [0.4, 0.5) is 11.4 Å². The lowest BCUT2D eigenvalue weighted by atomic mass is 10.2. The summed E-state index contributed by atoms with van der Waals surface area (Å²) in [5.74, 6) is -0.353. The fourth-order valence-electron chi connectivity index (χ4n) is 1.50. The number of carbonyl (C=O) groups excluding carboxylic acids is 2. The van der Waals surface area contributed by atoms with Gasteiger partial charge in [-0.25, -0.2) is 0 Å². The molecule has 21 heavy (non-hydrogen) atoms. The largest absolute Gasteiger partial charge is 0.459 e. The van der Waals surface area contributed by atoms with Crippen LogP contribution in [0.3, 0.4) is 0 Å². The van der Waals surface area contributed by atoms with Crippen molar-refractivity contribution in [3.05, 3.63) is 24.3 Å². The predicted molar refractivity (Wildman–Crippen MR) is 87.2 cm³/mol. The number of benzene rings is 1. The summed E-state index contributed by atoms with van der Waals surface area (Å²) in [6, 6.07) is 6.96. The van der Waals surface area contributed by atoms with E-state index in [9.17, 15) is 9.59 Å². The second-order valence-electron chi connectivity index (χ2n) is 5.65. The van der Waals surface area contributed by atoms with Crippen molar-refractivity contribution in [2.45, 2.75) is 38.5 Å². The van der Waals surface area contributed by atoms with Gasteiger partial charge >= 0.3 is 5.97 Å². The first-order chi connectivity index (χ1) is 9.67. The Morgan fingerprint density at radius 2 is 2.05 bits per heavy atom. The Labute approximate surface area is 129 Å². The summed E-state index contributed by atoms with van der Waals surface area (Å²) in [5.41, 5.74) is 6.37. The first kappa shape index (κ1) is 17.4. The minimum atomic E-state index is -0.509. The molecule has 5 nitrogen and oxygen atoms in total. The van der Waals surface area contributed by atoms with Crippen LogP contribution < -0.4 is 11.1 Å². The normalized spacial score (nSPS) is 12.6. The highest BCUT2D eigenvalue weighted by atomic mass is 32.2. The third-order valence-electron chi connectivity index (χ3n) is 2.39. The molecule has 0 saturated heterocycles. The monoisotopic (exact) mass is 310 g/mol. The SMILES string of the molecule is CC(SCC(=O)OC(C)(C)C)C(=O)Nc1cccc(N)c1. The lowest BCUT2D eigenvalue weighted by Crippen LogP contribution is -2.27. The van der Waals surface area contributed by atoms with E-state index < -0.39 is 5.60 Å². The van der Waals surface area contributed by atoms with Crippen molar-refractivity contribution in [1.82, 2.24) is 0 Å². The maximum atomic E-state index is 12.0. The molecule has 0 aliphatic heterocycles. The molecule has 3 N–H and O–H groups in total. The summed E-state index contributed by atoms with van der Waals surface area (Å²) in [7, 11) is 0. The molecule has 1 amide bonds. The third kappa shape index (κ3) is 7.04. The van der Waals surface area contributed by atoms with E-state index in [0.29, 0.717) is 11.4 Å². The molecule has 1 rings (SSSR count). The van der Waals surface area contributed by atoms with Crippen LogP contribution in [-0.4, -0.2) is 28.5 Å². The lowest BCUT2D eigenvalue weighted by molar-refractivity contribution is -0.151. The first-order valence-corrected chi connectivity index (χ1v) is 7.72. The molecule has 0 radical (unpaired) electrons. The molecular weight excluding hydrogens is 288 g/mol. The zero-order chi connectivity index (χ0) is 16.0. The van der Waals surface area contributed by atoms with Crippen LogP contribution in [0.5, 0.6) is 0 Å². The summed E-state index contributed by atoms with van der Waals surface area (Å²) >= 11 is 1.24. The van der Waals surface area contributed by atoms with Crippen LogP contribution in [0.1, 0.15) is 27.7 Å². The third-order valence-corrected chi connectivity index (χ3v) is 3.51. The molecule has 0 bridgehead atoms. The second-order valence-corrected chi connectivity index (χ2v) is 6.98. The highest BCUT2D eigenvalue weighted by Crippen LogP contribution is 2.17. The standard InChI is InChI=1S/C15H22N2O3S/c1-10(21-9-13(18)20-15(2,3)4)14(19)17-12-7-5-6-11(16)8-12/h5-8,10H,9,16H2,1-4H3,(H,17,19). The number of amides is 1. The number of nitrogens with two attached hydrogens (primary N) is 1. The highest BCUT2D eigenvalue weighted by molar-refractivity contribution is 8.01. The fourth-order valence-corrected chi connectivity index (χ4v) is 2.16. The molecule has 0 saturated carbocycles. The molecule has 0 heterocycles. The Bertz CT molecular complexity index is 512. The van der Waals surface area contributed by atoms with Gasteiger partial charge in [-0.1, -0.05) is 6.07 Å². The van der Waals surface area contributed by atoms with E-state index in [1.807, 2.05) is 20.8 Å². The van der Waals surface area contributed by atoms with Gasteiger partial charge in [-0.3, -0.25) is 9.59 Å². The van der Waals surface area contributed by atoms with Crippen LogP contribution in [0.15, 0.2) is 24.3 Å². The number of esters is 1. The Morgan fingerprint density at radius 1 is 1.38 bits per heavy atom. The van der Waals surface area contributed by atoms with E-state index in [1.165, 1.54) is 11.8 Å². The lowest BCUT2D eigenvalue weighted by Gasteiger charge is -2.20. The maximum Gasteiger partial charge on any atom is 0.316 e. The molecule has 0 aliphatic carbocycles. The van der Waals surface area contributed by atoms with E-state index in [4.69, 9.17) is 10.5 Å². The summed E-state index contributed by atoms with van der Waals surface area (Å²) in [6.07, 6.45) is 0. The van der Waals surface area contributed by atoms with Gasteiger partial charge in [0, 0.05) is 11.4 Å². The van der Waals surface area contributed by atoms with Crippen molar-refractivity contribution in [1.29, 1.82) is 0 Å². The average molecular weight is 310 g/mol. The van der Waals surface area contributed by atoms with Crippen LogP contribution in [0, 0.1) is 0 Å². The van der Waals surface area contributed by atoms with Gasteiger partial charge in [0.25, 0.3) is 0 Å². The minimum Gasteiger partial charge on any atom is -0.459 e. The van der Waals surface area contributed by atoms with E-state index >= 15 is 0 Å². The Kier molecular flexibility index (Phi) is 6.08. The first-order valence-electron chi connectivity index (χ1n) is 6.67. The number of anilines is 2. The van der Waals surface area contributed by atoms with E-state index in [2.05, 4.69) is 5.32 Å². The Morgan fingerprint density at radius 3 is 2.62 bits per heavy atom. The molecule has 6 heteroatoms. The summed E-state index contributed by atoms with van der Waals surface area (Å²) in [6.45, 7) is 7.18. The van der Waals surface area contributed by atoms with E-state index in [-0.39, 0.29) is 22.9 Å². The van der Waals surface area contributed by atoms with Gasteiger partial charge in [-0.15, -0.1) is 11.8 Å². The van der Waals surface area contributed by atoms with Gasteiger partial charge in [0.15, 0.2) is 0 Å². The van der Waals surface area contributed by atoms with Gasteiger partial charge in [0.2, 0.25) is 5.91 Å². The molecule has 116 valence electrons. The Balaban J connectivity index is 2.43. The van der Waals surface area contributed by atoms with Crippen molar-refractivity contribution < 1.29 is 14.3 Å². The van der Waals surface area contributed by atoms with Crippen molar-refractivity contribution in [2.24, 2.45) is 0 Å². The highest BCUT2D eigenvalue weighted by Gasteiger charge is 2.19. The minimum absolute atomic E-state index is 0.142. The molecule has 0 fully saturated rings. The van der Waals surface area contributed by atoms with Gasteiger partial charge < -0.3 is 15.8 Å². The van der Waals surface area contributed by atoms with Gasteiger partial charge in [0.05, 0.1) is 11.0 Å². The molecule has 0 spiro atoms. The molecule has 0 aromatic heterocycles. The van der Waals surface area contributed by atoms with Crippen LogP contribution in [0.2, 0.25) is 0 Å². The molecule has 1 unspecified atom stereocenters. The number of hydrogen-bond acceptors (Lipinski definition) is 5. The second kappa shape index (κ2) is 7.36. The van der Waals surface area contributed by atoms with Crippen molar-refractivity contribution >= 4 is 35.0 Å². The number of hydrogen-bond donors (Lipinski definition) is 2. The number of rotatable bonds is 5. The zero-order valence-corrected chi connectivity index (χ0v) is 13.6. The number of thioether (sulfide) groups is 1. The fraction of sp³-hybridized carbons (Fsp3) is 0.467. The molecule has 1 aromatic carbocycles. The predicted octanol–water partition coefficient (Wildman–Crippen LogP) is 2.67. The van der Waals surface area contributed by atoms with Crippen molar-refractivity contribution in [3.8, 4) is 0 Å². The maximum absolute atomic E-state index is 12.0. The molecule has 0 aliphatic rings. The summed E-state index contributed by atoms with van der Waals surface area (Å²) < 4.78 is 5.19. The summed E-state index contributed by atoms with van der Waals surface area (Å²) in [4.78, 5) is 23.6. The van der Waals surface area contributed by atoms with Gasteiger partial charge in [0.1, 0.15) is 5.60 Å². The van der Waals surface area contributed by atoms with Gasteiger partial charge in [-0.2, -0.15) is 0 Å². The number of carbonyl (C=O) groups is 2. The zero-order valence-electron chi connectivity index (χ0n) is 12.8. The smallest absolute Gasteiger partial charge is 0.316 e. The quantitative estimate of drug-likeness (QED) is 0.645. The van der Waals surface area contributed by atoms with Gasteiger partial charge in [-0.05, 0) is 45.9 Å². The molecule has 1 aromatic rings. The molecular formula is C15H22N2O3S. The number of ether oxygens (including phenoxy) is 1. The average Bonchev–Trinajstić information content (AvgIpc) is 2.33. The topological polar surface area (TPSA) is 81.4 Å². The Hall–Kier alpha value is -1.69.